The second kappa shape index (κ2) is 7.66. The van der Waals surface area contributed by atoms with Crippen LogP contribution in [0.4, 0.5) is 5.69 Å². The molecule has 1 amide bonds. The van der Waals surface area contributed by atoms with E-state index < -0.39 is 0 Å². The maximum atomic E-state index is 12.4. The molecule has 4 rings (SSSR count). The highest BCUT2D eigenvalue weighted by molar-refractivity contribution is 6.31. The van der Waals surface area contributed by atoms with Gasteiger partial charge in [0.25, 0.3) is 5.91 Å². The Morgan fingerprint density at radius 2 is 1.54 bits per heavy atom. The van der Waals surface area contributed by atoms with Crippen molar-refractivity contribution in [3.8, 4) is 22.9 Å². The van der Waals surface area contributed by atoms with Gasteiger partial charge in [0.1, 0.15) is 0 Å². The van der Waals surface area contributed by atoms with Gasteiger partial charge in [0, 0.05) is 27.4 Å². The van der Waals surface area contributed by atoms with Crippen LogP contribution < -0.4 is 5.32 Å². The largest absolute Gasteiger partial charge is 0.416 e. The second-order valence-electron chi connectivity index (χ2n) is 6.33. The minimum atomic E-state index is -0.220. The molecule has 0 radical (unpaired) electrons. The lowest BCUT2D eigenvalue weighted by Crippen LogP contribution is -2.12. The Hall–Kier alpha value is -3.44. The Bertz CT molecular complexity index is 1100. The summed E-state index contributed by atoms with van der Waals surface area (Å²) in [7, 11) is 0. The van der Waals surface area contributed by atoms with E-state index in [2.05, 4.69) is 15.5 Å². The maximum absolute atomic E-state index is 12.4. The summed E-state index contributed by atoms with van der Waals surface area (Å²) in [6.45, 7) is 1.89. The molecule has 0 aliphatic carbocycles. The highest BCUT2D eigenvalue weighted by Gasteiger charge is 2.11. The third kappa shape index (κ3) is 3.94. The van der Waals surface area contributed by atoms with Crippen molar-refractivity contribution >= 4 is 23.2 Å². The second-order valence-corrected chi connectivity index (χ2v) is 6.76. The average Bonchev–Trinajstić information content (AvgIpc) is 3.19. The van der Waals surface area contributed by atoms with E-state index in [0.717, 1.165) is 16.7 Å². The summed E-state index contributed by atoms with van der Waals surface area (Å²) in [6, 6.07) is 22.0. The molecule has 0 spiro atoms. The van der Waals surface area contributed by atoms with Gasteiger partial charge in [-0.15, -0.1) is 10.2 Å². The molecule has 28 heavy (non-hydrogen) atoms. The quantitative estimate of drug-likeness (QED) is 0.492. The van der Waals surface area contributed by atoms with Crippen molar-refractivity contribution in [3.05, 3.63) is 88.9 Å². The Kier molecular flexibility index (Phi) is 4.91. The van der Waals surface area contributed by atoms with Crippen molar-refractivity contribution in [2.45, 2.75) is 6.92 Å². The van der Waals surface area contributed by atoms with E-state index in [1.54, 1.807) is 30.3 Å². The van der Waals surface area contributed by atoms with Gasteiger partial charge in [0.15, 0.2) is 0 Å². The minimum Gasteiger partial charge on any atom is -0.416 e. The number of halogens is 1. The number of carbonyl (C=O) groups excluding carboxylic acids is 1. The van der Waals surface area contributed by atoms with E-state index in [1.807, 2.05) is 49.4 Å². The molecule has 1 heterocycles. The lowest BCUT2D eigenvalue weighted by Gasteiger charge is -2.07. The molecule has 4 aromatic rings. The number of nitrogens with one attached hydrogen (secondary N) is 1. The Balaban J connectivity index is 1.50. The van der Waals surface area contributed by atoms with Crippen molar-refractivity contribution in [1.82, 2.24) is 10.2 Å². The van der Waals surface area contributed by atoms with E-state index in [1.165, 1.54) is 0 Å². The molecule has 0 aliphatic heterocycles. The molecule has 0 atom stereocenters. The number of rotatable bonds is 4. The Labute approximate surface area is 167 Å². The van der Waals surface area contributed by atoms with Gasteiger partial charge in [0.05, 0.1) is 0 Å². The number of nitrogens with zero attached hydrogens (tertiary/aromatic N) is 2. The van der Waals surface area contributed by atoms with Crippen LogP contribution >= 0.6 is 11.6 Å². The molecule has 0 aliphatic rings. The molecule has 0 unspecified atom stereocenters. The predicted octanol–water partition coefficient (Wildman–Crippen LogP) is 5.62. The van der Waals surface area contributed by atoms with Gasteiger partial charge in [-0.25, -0.2) is 0 Å². The number of hydrogen-bond donors (Lipinski definition) is 1. The van der Waals surface area contributed by atoms with Gasteiger partial charge < -0.3 is 9.73 Å². The number of aryl methyl sites for hydroxylation is 1. The molecule has 1 aromatic heterocycles. The standard InChI is InChI=1S/C22H16ClN3O2/c1-14-11-17(13-18(23)12-14)20(27)24-19-9-7-16(8-10-19)22-26-25-21(28-22)15-5-3-2-4-6-15/h2-13H,1H3,(H,24,27). The fourth-order valence-corrected chi connectivity index (χ4v) is 3.09. The van der Waals surface area contributed by atoms with Crippen molar-refractivity contribution in [2.24, 2.45) is 0 Å². The zero-order valence-electron chi connectivity index (χ0n) is 15.0. The summed E-state index contributed by atoms with van der Waals surface area (Å²) in [6.07, 6.45) is 0. The zero-order chi connectivity index (χ0) is 19.5. The van der Waals surface area contributed by atoms with Gasteiger partial charge in [-0.3, -0.25) is 4.79 Å². The van der Waals surface area contributed by atoms with Crippen LogP contribution in [0, 0.1) is 6.92 Å². The Morgan fingerprint density at radius 3 is 2.18 bits per heavy atom. The molecular weight excluding hydrogens is 374 g/mol. The number of anilines is 1. The molecule has 5 nitrogen and oxygen atoms in total. The van der Waals surface area contributed by atoms with Gasteiger partial charge in [-0.2, -0.15) is 0 Å². The third-order valence-corrected chi connectivity index (χ3v) is 4.36. The van der Waals surface area contributed by atoms with E-state index in [9.17, 15) is 4.79 Å². The van der Waals surface area contributed by atoms with Crippen molar-refractivity contribution in [1.29, 1.82) is 0 Å². The minimum absolute atomic E-state index is 0.220. The molecule has 3 aromatic carbocycles. The molecule has 0 saturated heterocycles. The van der Waals surface area contributed by atoms with Gasteiger partial charge in [-0.05, 0) is 67.1 Å². The summed E-state index contributed by atoms with van der Waals surface area (Å²) < 4.78 is 5.75. The SMILES string of the molecule is Cc1cc(Cl)cc(C(=O)Nc2ccc(-c3nnc(-c4ccccc4)o3)cc2)c1. The summed E-state index contributed by atoms with van der Waals surface area (Å²) in [5.74, 6) is 0.661. The fourth-order valence-electron chi connectivity index (χ4n) is 2.80. The first-order chi connectivity index (χ1) is 13.6. The number of hydrogen-bond acceptors (Lipinski definition) is 4. The normalized spacial score (nSPS) is 10.6. The molecule has 0 saturated carbocycles. The van der Waals surface area contributed by atoms with E-state index >= 15 is 0 Å². The summed E-state index contributed by atoms with van der Waals surface area (Å²) in [5.41, 5.74) is 3.74. The van der Waals surface area contributed by atoms with Crippen molar-refractivity contribution < 1.29 is 9.21 Å². The molecular formula is C22H16ClN3O2. The highest BCUT2D eigenvalue weighted by Crippen LogP contribution is 2.25. The number of carbonyl (C=O) groups is 1. The molecule has 1 N–H and O–H groups in total. The lowest BCUT2D eigenvalue weighted by molar-refractivity contribution is 0.102. The van der Waals surface area contributed by atoms with Crippen molar-refractivity contribution in [3.63, 3.8) is 0 Å². The summed E-state index contributed by atoms with van der Waals surface area (Å²) in [5, 5.41) is 11.6. The Morgan fingerprint density at radius 1 is 0.893 bits per heavy atom. The highest BCUT2D eigenvalue weighted by atomic mass is 35.5. The summed E-state index contributed by atoms with van der Waals surface area (Å²) >= 11 is 6.03. The number of benzene rings is 3. The van der Waals surface area contributed by atoms with Crippen LogP contribution in [0.1, 0.15) is 15.9 Å². The van der Waals surface area contributed by atoms with Gasteiger partial charge in [-0.1, -0.05) is 29.8 Å². The van der Waals surface area contributed by atoms with E-state index in [0.29, 0.717) is 28.1 Å². The third-order valence-electron chi connectivity index (χ3n) is 4.14. The average molecular weight is 390 g/mol. The van der Waals surface area contributed by atoms with E-state index in [-0.39, 0.29) is 5.91 Å². The number of amides is 1. The topological polar surface area (TPSA) is 68.0 Å². The summed E-state index contributed by atoms with van der Waals surface area (Å²) in [4.78, 5) is 12.4. The van der Waals surface area contributed by atoms with Crippen LogP contribution in [0.2, 0.25) is 5.02 Å². The van der Waals surface area contributed by atoms with Crippen LogP contribution in [0.15, 0.2) is 77.2 Å². The first kappa shape index (κ1) is 17.9. The first-order valence-electron chi connectivity index (χ1n) is 8.66. The van der Waals surface area contributed by atoms with Crippen LogP contribution in [-0.2, 0) is 0 Å². The van der Waals surface area contributed by atoms with Crippen LogP contribution in [0.5, 0.6) is 0 Å². The molecule has 0 fully saturated rings. The first-order valence-corrected chi connectivity index (χ1v) is 9.04. The van der Waals surface area contributed by atoms with Crippen LogP contribution in [0.25, 0.3) is 22.9 Å². The molecule has 0 bridgehead atoms. The monoisotopic (exact) mass is 389 g/mol. The lowest BCUT2D eigenvalue weighted by atomic mass is 10.1. The molecule has 138 valence electrons. The predicted molar refractivity (Wildman–Crippen MR) is 109 cm³/mol. The van der Waals surface area contributed by atoms with Crippen LogP contribution in [0.3, 0.4) is 0 Å². The van der Waals surface area contributed by atoms with E-state index in [4.69, 9.17) is 16.0 Å². The van der Waals surface area contributed by atoms with Gasteiger partial charge >= 0.3 is 0 Å². The van der Waals surface area contributed by atoms with Gasteiger partial charge in [0.2, 0.25) is 11.8 Å². The smallest absolute Gasteiger partial charge is 0.255 e. The van der Waals surface area contributed by atoms with Crippen molar-refractivity contribution in [2.75, 3.05) is 5.32 Å². The molecule has 6 heteroatoms. The number of aromatic nitrogens is 2. The maximum Gasteiger partial charge on any atom is 0.255 e. The van der Waals surface area contributed by atoms with Crippen LogP contribution in [-0.4, -0.2) is 16.1 Å². The fraction of sp³-hybridized carbons (Fsp3) is 0.0455. The zero-order valence-corrected chi connectivity index (χ0v) is 15.8.